The summed E-state index contributed by atoms with van der Waals surface area (Å²) in [4.78, 5) is 17.2. The highest BCUT2D eigenvalue weighted by Gasteiger charge is 2.16. The van der Waals surface area contributed by atoms with E-state index in [1.807, 2.05) is 44.2 Å². The second kappa shape index (κ2) is 7.20. The van der Waals surface area contributed by atoms with Crippen LogP contribution in [0.15, 0.2) is 53.1 Å². The molecule has 0 fully saturated rings. The third-order valence-electron chi connectivity index (χ3n) is 4.20. The van der Waals surface area contributed by atoms with Crippen molar-refractivity contribution in [3.63, 3.8) is 0 Å². The molecule has 0 aliphatic carbocycles. The molecule has 0 bridgehead atoms. The van der Waals surface area contributed by atoms with Crippen molar-refractivity contribution in [1.82, 2.24) is 10.1 Å². The number of ether oxygens (including phenoxy) is 1. The van der Waals surface area contributed by atoms with Gasteiger partial charge in [0.1, 0.15) is 18.1 Å². The minimum absolute atomic E-state index is 0.261. The Labute approximate surface area is 159 Å². The van der Waals surface area contributed by atoms with Gasteiger partial charge < -0.3 is 9.26 Å². The predicted octanol–water partition coefficient (Wildman–Crippen LogP) is 4.73. The number of rotatable bonds is 5. The van der Waals surface area contributed by atoms with Gasteiger partial charge >= 0.3 is 0 Å². The van der Waals surface area contributed by atoms with Crippen molar-refractivity contribution in [2.75, 3.05) is 5.32 Å². The molecule has 1 amide bonds. The molecule has 0 saturated carbocycles. The van der Waals surface area contributed by atoms with Crippen LogP contribution in [-0.4, -0.2) is 16.0 Å². The normalized spacial score (nSPS) is 10.9. The monoisotopic (exact) mass is 379 g/mol. The van der Waals surface area contributed by atoms with Crippen LogP contribution in [0, 0.1) is 13.8 Å². The highest BCUT2D eigenvalue weighted by molar-refractivity contribution is 7.22. The standard InChI is InChI=1S/C20H17N3O3S/c1-12-15(13(2)26-23-12)11-25-17-9-5-3-7-14(17)19(24)22-20-21-16-8-4-6-10-18(16)27-20/h3-10H,11H2,1-2H3,(H,21,22,24). The van der Waals surface area contributed by atoms with Crippen LogP contribution in [0.5, 0.6) is 5.75 Å². The highest BCUT2D eigenvalue weighted by atomic mass is 32.1. The molecular formula is C20H17N3O3S. The van der Waals surface area contributed by atoms with E-state index < -0.39 is 0 Å². The number of hydrogen-bond donors (Lipinski definition) is 1. The van der Waals surface area contributed by atoms with Crippen molar-refractivity contribution < 1.29 is 14.1 Å². The average molecular weight is 379 g/mol. The van der Waals surface area contributed by atoms with Gasteiger partial charge in [-0.2, -0.15) is 0 Å². The Morgan fingerprint density at radius 2 is 1.93 bits per heavy atom. The lowest BCUT2D eigenvalue weighted by Gasteiger charge is -2.10. The molecule has 0 spiro atoms. The molecule has 0 saturated heterocycles. The average Bonchev–Trinajstić information content (AvgIpc) is 3.22. The second-order valence-corrected chi connectivity index (χ2v) is 7.06. The van der Waals surface area contributed by atoms with Gasteiger partial charge in [0.05, 0.1) is 27.0 Å². The number of benzene rings is 2. The van der Waals surface area contributed by atoms with Gasteiger partial charge in [-0.1, -0.05) is 40.8 Å². The Bertz CT molecular complexity index is 1060. The number of thiazole rings is 1. The summed E-state index contributed by atoms with van der Waals surface area (Å²) in [6.45, 7) is 3.98. The van der Waals surface area contributed by atoms with Crippen LogP contribution >= 0.6 is 11.3 Å². The molecule has 4 aromatic rings. The third kappa shape index (κ3) is 3.54. The number of fused-ring (bicyclic) bond motifs is 1. The number of carbonyl (C=O) groups excluding carboxylic acids is 1. The zero-order chi connectivity index (χ0) is 18.8. The SMILES string of the molecule is Cc1noc(C)c1COc1ccccc1C(=O)Nc1nc2ccccc2s1. The van der Waals surface area contributed by atoms with Crippen LogP contribution in [0.25, 0.3) is 10.2 Å². The van der Waals surface area contributed by atoms with Gasteiger partial charge in [-0.15, -0.1) is 0 Å². The first-order chi connectivity index (χ1) is 13.1. The number of anilines is 1. The number of carbonyl (C=O) groups is 1. The van der Waals surface area contributed by atoms with Crippen molar-refractivity contribution in [1.29, 1.82) is 0 Å². The van der Waals surface area contributed by atoms with E-state index in [0.29, 0.717) is 22.2 Å². The Balaban J connectivity index is 1.53. The fourth-order valence-corrected chi connectivity index (χ4v) is 3.59. The predicted molar refractivity (Wildman–Crippen MR) is 104 cm³/mol. The van der Waals surface area contributed by atoms with Crippen LogP contribution < -0.4 is 10.1 Å². The van der Waals surface area contributed by atoms with Gasteiger partial charge in [-0.3, -0.25) is 10.1 Å². The third-order valence-corrected chi connectivity index (χ3v) is 5.15. The number of hydrogen-bond acceptors (Lipinski definition) is 6. The maximum absolute atomic E-state index is 12.8. The molecule has 27 heavy (non-hydrogen) atoms. The first-order valence-electron chi connectivity index (χ1n) is 8.42. The van der Waals surface area contributed by atoms with Gasteiger partial charge in [-0.25, -0.2) is 4.98 Å². The van der Waals surface area contributed by atoms with Crippen LogP contribution in [-0.2, 0) is 6.61 Å². The number of aryl methyl sites for hydroxylation is 2. The van der Waals surface area contributed by atoms with E-state index in [4.69, 9.17) is 9.26 Å². The number of nitrogens with zero attached hydrogens (tertiary/aromatic N) is 2. The smallest absolute Gasteiger partial charge is 0.261 e. The fraction of sp³-hybridized carbons (Fsp3) is 0.150. The Morgan fingerprint density at radius 1 is 1.15 bits per heavy atom. The number of aromatic nitrogens is 2. The zero-order valence-corrected chi connectivity index (χ0v) is 15.7. The number of para-hydroxylation sites is 2. The van der Waals surface area contributed by atoms with Crippen molar-refractivity contribution >= 4 is 32.6 Å². The summed E-state index contributed by atoms with van der Waals surface area (Å²) in [5, 5.41) is 7.34. The maximum Gasteiger partial charge on any atom is 0.261 e. The topological polar surface area (TPSA) is 77.2 Å². The summed E-state index contributed by atoms with van der Waals surface area (Å²) in [5.41, 5.74) is 2.98. The highest BCUT2D eigenvalue weighted by Crippen LogP contribution is 2.27. The van der Waals surface area contributed by atoms with Crippen molar-refractivity contribution in [2.24, 2.45) is 0 Å². The van der Waals surface area contributed by atoms with E-state index >= 15 is 0 Å². The Morgan fingerprint density at radius 3 is 2.70 bits per heavy atom. The maximum atomic E-state index is 12.8. The molecule has 0 aliphatic rings. The molecule has 4 rings (SSSR count). The molecule has 0 aliphatic heterocycles. The van der Waals surface area contributed by atoms with Gasteiger partial charge in [0.2, 0.25) is 0 Å². The molecule has 0 atom stereocenters. The molecule has 6 nitrogen and oxygen atoms in total. The van der Waals surface area contributed by atoms with E-state index in [-0.39, 0.29) is 12.5 Å². The largest absolute Gasteiger partial charge is 0.488 e. The zero-order valence-electron chi connectivity index (χ0n) is 14.9. The van der Waals surface area contributed by atoms with Crippen LogP contribution in [0.1, 0.15) is 27.4 Å². The first kappa shape index (κ1) is 17.2. The molecule has 2 heterocycles. The first-order valence-corrected chi connectivity index (χ1v) is 9.24. The molecule has 2 aromatic heterocycles. The lowest BCUT2D eigenvalue weighted by molar-refractivity contribution is 0.102. The van der Waals surface area contributed by atoms with E-state index in [1.165, 1.54) is 11.3 Å². The van der Waals surface area contributed by atoms with E-state index in [2.05, 4.69) is 15.5 Å². The molecule has 2 aromatic carbocycles. The summed E-state index contributed by atoms with van der Waals surface area (Å²) in [7, 11) is 0. The van der Waals surface area contributed by atoms with E-state index in [0.717, 1.165) is 21.5 Å². The molecular weight excluding hydrogens is 362 g/mol. The van der Waals surface area contributed by atoms with Crippen molar-refractivity contribution in [3.05, 3.63) is 71.1 Å². The number of nitrogens with one attached hydrogen (secondary N) is 1. The second-order valence-electron chi connectivity index (χ2n) is 6.03. The van der Waals surface area contributed by atoms with Crippen LogP contribution in [0.3, 0.4) is 0 Å². The van der Waals surface area contributed by atoms with Crippen LogP contribution in [0.2, 0.25) is 0 Å². The summed E-state index contributed by atoms with van der Waals surface area (Å²) in [5.74, 6) is 0.948. The van der Waals surface area contributed by atoms with Gasteiger partial charge in [0.15, 0.2) is 5.13 Å². The summed E-state index contributed by atoms with van der Waals surface area (Å²) in [6, 6.07) is 14.9. The fourth-order valence-electron chi connectivity index (χ4n) is 2.73. The van der Waals surface area contributed by atoms with Gasteiger partial charge in [-0.05, 0) is 38.1 Å². The lowest BCUT2D eigenvalue weighted by atomic mass is 10.2. The molecule has 136 valence electrons. The lowest BCUT2D eigenvalue weighted by Crippen LogP contribution is -2.13. The molecule has 0 radical (unpaired) electrons. The molecule has 0 unspecified atom stereocenters. The van der Waals surface area contributed by atoms with Gasteiger partial charge in [0.25, 0.3) is 5.91 Å². The number of amides is 1. The van der Waals surface area contributed by atoms with Crippen molar-refractivity contribution in [2.45, 2.75) is 20.5 Å². The minimum atomic E-state index is -0.261. The van der Waals surface area contributed by atoms with E-state index in [1.54, 1.807) is 18.2 Å². The quantitative estimate of drug-likeness (QED) is 0.542. The molecule has 1 N–H and O–H groups in total. The minimum Gasteiger partial charge on any atom is -0.488 e. The Kier molecular flexibility index (Phi) is 4.60. The van der Waals surface area contributed by atoms with Crippen LogP contribution in [0.4, 0.5) is 5.13 Å². The van der Waals surface area contributed by atoms with Crippen molar-refractivity contribution in [3.8, 4) is 5.75 Å². The Hall–Kier alpha value is -3.19. The van der Waals surface area contributed by atoms with E-state index in [9.17, 15) is 4.79 Å². The summed E-state index contributed by atoms with van der Waals surface area (Å²) < 4.78 is 12.1. The summed E-state index contributed by atoms with van der Waals surface area (Å²) >= 11 is 1.44. The summed E-state index contributed by atoms with van der Waals surface area (Å²) in [6.07, 6.45) is 0. The molecule has 7 heteroatoms. The van der Waals surface area contributed by atoms with Gasteiger partial charge in [0, 0.05) is 0 Å².